The van der Waals surface area contributed by atoms with Gasteiger partial charge in [-0.25, -0.2) is 0 Å². The fourth-order valence-electron chi connectivity index (χ4n) is 3.61. The molecule has 0 bridgehead atoms. The van der Waals surface area contributed by atoms with Crippen molar-refractivity contribution < 1.29 is 19.7 Å². The maximum Gasteiger partial charge on any atom is 0.126 e. The van der Waals surface area contributed by atoms with Gasteiger partial charge in [0, 0.05) is 23.7 Å². The largest absolute Gasteiger partial charge is 0.508 e. The maximum atomic E-state index is 10.4. The predicted molar refractivity (Wildman–Crippen MR) is 102 cm³/mol. The second kappa shape index (κ2) is 8.43. The molecule has 1 saturated heterocycles. The quantitative estimate of drug-likeness (QED) is 0.829. The molecule has 0 unspecified atom stereocenters. The van der Waals surface area contributed by atoms with Crippen molar-refractivity contribution in [2.75, 3.05) is 27.4 Å². The number of rotatable bonds is 6. The summed E-state index contributed by atoms with van der Waals surface area (Å²) < 4.78 is 10.8. The number of benzene rings is 2. The SMILES string of the molecule is COc1ccc(OC)c(-c2ccc(O)c(CN3CCCC[C@H]3CO)c2)c1. The van der Waals surface area contributed by atoms with E-state index in [0.29, 0.717) is 6.54 Å². The van der Waals surface area contributed by atoms with Gasteiger partial charge in [-0.15, -0.1) is 0 Å². The summed E-state index contributed by atoms with van der Waals surface area (Å²) in [7, 11) is 3.28. The molecule has 0 aliphatic carbocycles. The Balaban J connectivity index is 1.93. The third-order valence-electron chi connectivity index (χ3n) is 5.13. The number of aromatic hydroxyl groups is 1. The molecule has 3 rings (SSSR count). The molecule has 2 N–H and O–H groups in total. The van der Waals surface area contributed by atoms with Gasteiger partial charge in [-0.2, -0.15) is 0 Å². The molecule has 5 nitrogen and oxygen atoms in total. The fourth-order valence-corrected chi connectivity index (χ4v) is 3.61. The molecule has 140 valence electrons. The molecule has 0 spiro atoms. The molecule has 0 saturated carbocycles. The molecular weight excluding hydrogens is 330 g/mol. The van der Waals surface area contributed by atoms with Gasteiger partial charge in [0.2, 0.25) is 0 Å². The standard InChI is InChI=1S/C21H27NO4/c1-25-18-7-9-21(26-2)19(12-18)15-6-8-20(24)16(11-15)13-22-10-4-3-5-17(22)14-23/h6-9,11-12,17,23-24H,3-5,10,13-14H2,1-2H3/t17-/m0/s1. The first-order chi connectivity index (χ1) is 12.7. The van der Waals surface area contributed by atoms with Gasteiger partial charge in [0.25, 0.3) is 0 Å². The first-order valence-electron chi connectivity index (χ1n) is 9.05. The molecule has 1 fully saturated rings. The van der Waals surface area contributed by atoms with Crippen LogP contribution in [0.15, 0.2) is 36.4 Å². The van der Waals surface area contributed by atoms with E-state index in [2.05, 4.69) is 4.90 Å². The number of methoxy groups -OCH3 is 2. The number of likely N-dealkylation sites (tertiary alicyclic amines) is 1. The lowest BCUT2D eigenvalue weighted by atomic mass is 9.98. The molecule has 1 aliphatic heterocycles. The minimum Gasteiger partial charge on any atom is -0.508 e. The van der Waals surface area contributed by atoms with Gasteiger partial charge in [0.05, 0.1) is 20.8 Å². The lowest BCUT2D eigenvalue weighted by Gasteiger charge is -2.34. The summed E-state index contributed by atoms with van der Waals surface area (Å²) in [4.78, 5) is 2.26. The number of phenols is 1. The molecular formula is C21H27NO4. The summed E-state index contributed by atoms with van der Waals surface area (Å²) in [5.74, 6) is 1.79. The van der Waals surface area contributed by atoms with Crippen LogP contribution in [0.5, 0.6) is 17.2 Å². The molecule has 2 aromatic rings. The van der Waals surface area contributed by atoms with Crippen LogP contribution in [0, 0.1) is 0 Å². The van der Waals surface area contributed by atoms with Gasteiger partial charge < -0.3 is 19.7 Å². The monoisotopic (exact) mass is 357 g/mol. The van der Waals surface area contributed by atoms with Crippen molar-refractivity contribution in [3.63, 3.8) is 0 Å². The second-order valence-electron chi connectivity index (χ2n) is 6.71. The highest BCUT2D eigenvalue weighted by Gasteiger charge is 2.22. The van der Waals surface area contributed by atoms with Gasteiger partial charge in [0.1, 0.15) is 17.2 Å². The Morgan fingerprint density at radius 1 is 1.08 bits per heavy atom. The van der Waals surface area contributed by atoms with Crippen LogP contribution in [0.4, 0.5) is 0 Å². The van der Waals surface area contributed by atoms with Gasteiger partial charge in [-0.3, -0.25) is 4.90 Å². The lowest BCUT2D eigenvalue weighted by Crippen LogP contribution is -2.41. The van der Waals surface area contributed by atoms with Crippen LogP contribution in [0.2, 0.25) is 0 Å². The third-order valence-corrected chi connectivity index (χ3v) is 5.13. The minimum absolute atomic E-state index is 0.157. The molecule has 1 aliphatic rings. The Labute approximate surface area is 154 Å². The van der Waals surface area contributed by atoms with Crippen LogP contribution >= 0.6 is 0 Å². The topological polar surface area (TPSA) is 62.2 Å². The Kier molecular flexibility index (Phi) is 6.01. The molecule has 1 atom stereocenters. The average molecular weight is 357 g/mol. The number of ether oxygens (including phenoxy) is 2. The number of nitrogens with zero attached hydrogens (tertiary/aromatic N) is 1. The van der Waals surface area contributed by atoms with Crippen molar-refractivity contribution in [3.8, 4) is 28.4 Å². The van der Waals surface area contributed by atoms with Gasteiger partial charge in [-0.1, -0.05) is 12.5 Å². The second-order valence-corrected chi connectivity index (χ2v) is 6.71. The van der Waals surface area contributed by atoms with Crippen molar-refractivity contribution in [2.24, 2.45) is 0 Å². The molecule has 5 heteroatoms. The van der Waals surface area contributed by atoms with E-state index in [4.69, 9.17) is 9.47 Å². The van der Waals surface area contributed by atoms with Crippen LogP contribution in [0.1, 0.15) is 24.8 Å². The van der Waals surface area contributed by atoms with Crippen LogP contribution in [0.25, 0.3) is 11.1 Å². The van der Waals surface area contributed by atoms with Crippen LogP contribution in [0.3, 0.4) is 0 Å². The number of hydrogen-bond donors (Lipinski definition) is 2. The maximum absolute atomic E-state index is 10.4. The summed E-state index contributed by atoms with van der Waals surface area (Å²) in [5, 5.41) is 20.0. The Morgan fingerprint density at radius 2 is 1.92 bits per heavy atom. The summed E-state index contributed by atoms with van der Waals surface area (Å²) in [6.07, 6.45) is 3.27. The van der Waals surface area contributed by atoms with Crippen LogP contribution in [-0.4, -0.2) is 48.5 Å². The zero-order valence-electron chi connectivity index (χ0n) is 15.4. The van der Waals surface area contributed by atoms with Crippen molar-refractivity contribution in [1.82, 2.24) is 4.90 Å². The number of aliphatic hydroxyl groups excluding tert-OH is 1. The predicted octanol–water partition coefficient (Wildman–Crippen LogP) is 3.42. The summed E-state index contributed by atoms with van der Waals surface area (Å²) in [6, 6.07) is 11.5. The zero-order chi connectivity index (χ0) is 18.5. The van der Waals surface area contributed by atoms with E-state index < -0.39 is 0 Å². The zero-order valence-corrected chi connectivity index (χ0v) is 15.4. The van der Waals surface area contributed by atoms with E-state index in [9.17, 15) is 10.2 Å². The Morgan fingerprint density at radius 3 is 2.65 bits per heavy atom. The highest BCUT2D eigenvalue weighted by atomic mass is 16.5. The molecule has 0 radical (unpaired) electrons. The molecule has 26 heavy (non-hydrogen) atoms. The minimum atomic E-state index is 0.157. The Bertz CT molecular complexity index is 747. The summed E-state index contributed by atoms with van der Waals surface area (Å²) in [5.41, 5.74) is 2.74. The fraction of sp³-hybridized carbons (Fsp3) is 0.429. The number of phenolic OH excluding ortho intramolecular Hbond substituents is 1. The van der Waals surface area contributed by atoms with Crippen molar-refractivity contribution >= 4 is 0 Å². The van der Waals surface area contributed by atoms with Gasteiger partial charge in [-0.05, 0) is 55.3 Å². The molecule has 2 aromatic carbocycles. The van der Waals surface area contributed by atoms with E-state index >= 15 is 0 Å². The van der Waals surface area contributed by atoms with E-state index in [0.717, 1.165) is 54.0 Å². The molecule has 0 amide bonds. The van der Waals surface area contributed by atoms with Crippen molar-refractivity contribution in [2.45, 2.75) is 31.8 Å². The van der Waals surface area contributed by atoms with E-state index in [1.807, 2.05) is 30.3 Å². The smallest absolute Gasteiger partial charge is 0.126 e. The molecule has 0 aromatic heterocycles. The third kappa shape index (κ3) is 3.94. The lowest BCUT2D eigenvalue weighted by molar-refractivity contribution is 0.0835. The van der Waals surface area contributed by atoms with Gasteiger partial charge >= 0.3 is 0 Å². The average Bonchev–Trinajstić information content (AvgIpc) is 2.69. The van der Waals surface area contributed by atoms with Crippen LogP contribution in [-0.2, 0) is 6.54 Å². The van der Waals surface area contributed by atoms with Crippen molar-refractivity contribution in [1.29, 1.82) is 0 Å². The first kappa shape index (κ1) is 18.5. The van der Waals surface area contributed by atoms with E-state index in [1.54, 1.807) is 20.3 Å². The first-order valence-corrected chi connectivity index (χ1v) is 9.05. The van der Waals surface area contributed by atoms with E-state index in [-0.39, 0.29) is 18.4 Å². The number of aliphatic hydroxyl groups is 1. The number of piperidine rings is 1. The normalized spacial score (nSPS) is 17.9. The number of hydrogen-bond acceptors (Lipinski definition) is 5. The summed E-state index contributed by atoms with van der Waals surface area (Å²) in [6.45, 7) is 1.72. The highest BCUT2D eigenvalue weighted by molar-refractivity contribution is 5.73. The highest BCUT2D eigenvalue weighted by Crippen LogP contribution is 2.36. The molecule has 1 heterocycles. The summed E-state index contributed by atoms with van der Waals surface area (Å²) >= 11 is 0. The van der Waals surface area contributed by atoms with Gasteiger partial charge in [0.15, 0.2) is 0 Å². The van der Waals surface area contributed by atoms with E-state index in [1.165, 1.54) is 0 Å². The van der Waals surface area contributed by atoms with Crippen molar-refractivity contribution in [3.05, 3.63) is 42.0 Å². The van der Waals surface area contributed by atoms with Crippen LogP contribution < -0.4 is 9.47 Å². The Hall–Kier alpha value is -2.24.